The molecule has 1 saturated heterocycles. The molecule has 1 aromatic heterocycles. The number of H-pyrrole nitrogens is 1. The first kappa shape index (κ1) is 11.8. The van der Waals surface area contributed by atoms with Crippen LogP contribution in [-0.2, 0) is 16.0 Å². The topological polar surface area (TPSA) is 78.1 Å². The first-order chi connectivity index (χ1) is 8.18. The maximum absolute atomic E-state index is 11.6. The summed E-state index contributed by atoms with van der Waals surface area (Å²) in [5.41, 5.74) is 0. The Morgan fingerprint density at radius 2 is 2.41 bits per heavy atom. The number of aryl methyl sites for hydroxylation is 1. The molecule has 1 aromatic rings. The maximum Gasteiger partial charge on any atom is 0.246 e. The molecule has 1 aliphatic rings. The van der Waals surface area contributed by atoms with E-state index in [-0.39, 0.29) is 24.3 Å². The van der Waals surface area contributed by atoms with Crippen LogP contribution < -0.4 is 5.32 Å². The van der Waals surface area contributed by atoms with Crippen LogP contribution in [0.3, 0.4) is 0 Å². The van der Waals surface area contributed by atoms with Crippen molar-refractivity contribution >= 4 is 11.8 Å². The van der Waals surface area contributed by atoms with Crippen LogP contribution >= 0.6 is 0 Å². The molecule has 0 aromatic carbocycles. The van der Waals surface area contributed by atoms with Crippen molar-refractivity contribution in [3.8, 4) is 0 Å². The molecular formula is C11H16N4O2. The van der Waals surface area contributed by atoms with Crippen LogP contribution in [0.4, 0.5) is 0 Å². The fraction of sp³-hybridized carbons (Fsp3) is 0.545. The van der Waals surface area contributed by atoms with Gasteiger partial charge in [0.15, 0.2) is 0 Å². The molecule has 0 spiro atoms. The first-order valence-electron chi connectivity index (χ1n) is 5.70. The number of nitrogens with zero attached hydrogens (tertiary/aromatic N) is 2. The van der Waals surface area contributed by atoms with Gasteiger partial charge in [0.2, 0.25) is 11.8 Å². The Balaban J connectivity index is 1.69. The third-order valence-electron chi connectivity index (χ3n) is 2.92. The molecule has 6 nitrogen and oxygen atoms in total. The van der Waals surface area contributed by atoms with E-state index >= 15 is 0 Å². The summed E-state index contributed by atoms with van der Waals surface area (Å²) < 4.78 is 0. The van der Waals surface area contributed by atoms with Crippen LogP contribution in [-0.4, -0.2) is 46.3 Å². The van der Waals surface area contributed by atoms with Crippen LogP contribution in [0, 0.1) is 0 Å². The number of imidazole rings is 1. The Morgan fingerprint density at radius 3 is 3.00 bits per heavy atom. The van der Waals surface area contributed by atoms with Gasteiger partial charge < -0.3 is 10.3 Å². The molecule has 2 amide bonds. The van der Waals surface area contributed by atoms with Crippen LogP contribution in [0.1, 0.15) is 18.7 Å². The van der Waals surface area contributed by atoms with Gasteiger partial charge in [0, 0.05) is 25.9 Å². The Labute approximate surface area is 99.4 Å². The smallest absolute Gasteiger partial charge is 0.246 e. The summed E-state index contributed by atoms with van der Waals surface area (Å²) in [5.74, 6) is 0.698. The number of aromatic nitrogens is 2. The zero-order valence-electron chi connectivity index (χ0n) is 9.77. The van der Waals surface area contributed by atoms with Gasteiger partial charge in [-0.25, -0.2) is 4.98 Å². The number of hydrogen-bond donors (Lipinski definition) is 2. The first-order valence-corrected chi connectivity index (χ1v) is 5.70. The Kier molecular flexibility index (Phi) is 3.53. The molecule has 6 heteroatoms. The van der Waals surface area contributed by atoms with Gasteiger partial charge in [0.25, 0.3) is 0 Å². The van der Waals surface area contributed by atoms with Gasteiger partial charge in [-0.3, -0.25) is 14.5 Å². The van der Waals surface area contributed by atoms with E-state index in [2.05, 4.69) is 15.3 Å². The number of rotatable bonds is 5. The second-order valence-electron chi connectivity index (χ2n) is 4.14. The molecule has 2 heterocycles. The fourth-order valence-corrected chi connectivity index (χ4v) is 1.88. The van der Waals surface area contributed by atoms with Crippen LogP contribution in [0.15, 0.2) is 12.4 Å². The number of amides is 2. The maximum atomic E-state index is 11.6. The fourth-order valence-electron chi connectivity index (χ4n) is 1.88. The van der Waals surface area contributed by atoms with Crippen molar-refractivity contribution < 1.29 is 9.59 Å². The lowest BCUT2D eigenvalue weighted by Gasteiger charge is -2.10. The summed E-state index contributed by atoms with van der Waals surface area (Å²) in [6.45, 7) is 0.707. The zero-order valence-corrected chi connectivity index (χ0v) is 9.77. The molecule has 2 N–H and O–H groups in total. The highest BCUT2D eigenvalue weighted by atomic mass is 16.2. The van der Waals surface area contributed by atoms with Gasteiger partial charge in [0.1, 0.15) is 5.82 Å². The molecule has 1 unspecified atom stereocenters. The van der Waals surface area contributed by atoms with E-state index in [1.807, 2.05) is 0 Å². The highest BCUT2D eigenvalue weighted by Gasteiger charge is 2.35. The average Bonchev–Trinajstić information content (AvgIpc) is 2.90. The molecule has 92 valence electrons. The van der Waals surface area contributed by atoms with Gasteiger partial charge in [-0.1, -0.05) is 0 Å². The summed E-state index contributed by atoms with van der Waals surface area (Å²) in [4.78, 5) is 31.1. The van der Waals surface area contributed by atoms with Gasteiger partial charge in [-0.2, -0.15) is 0 Å². The van der Waals surface area contributed by atoms with Crippen LogP contribution in [0.2, 0.25) is 0 Å². The van der Waals surface area contributed by atoms with Crippen molar-refractivity contribution in [1.82, 2.24) is 20.2 Å². The number of likely N-dealkylation sites (tertiary alicyclic amines) is 1. The molecule has 0 saturated carbocycles. The summed E-state index contributed by atoms with van der Waals surface area (Å²) in [6.07, 6.45) is 5.50. The van der Waals surface area contributed by atoms with E-state index in [1.54, 1.807) is 12.4 Å². The number of imide groups is 1. The summed E-state index contributed by atoms with van der Waals surface area (Å²) >= 11 is 0. The SMILES string of the molecule is CN1C(=O)CC(NCCCc2ncc[nH]2)C1=O. The molecule has 1 atom stereocenters. The van der Waals surface area contributed by atoms with Crippen molar-refractivity contribution in [2.45, 2.75) is 25.3 Å². The highest BCUT2D eigenvalue weighted by Crippen LogP contribution is 2.10. The normalized spacial score (nSPS) is 20.3. The minimum atomic E-state index is -0.343. The lowest BCUT2D eigenvalue weighted by Crippen LogP contribution is -2.37. The lowest BCUT2D eigenvalue weighted by molar-refractivity contribution is -0.137. The van der Waals surface area contributed by atoms with E-state index in [1.165, 1.54) is 11.9 Å². The number of likely N-dealkylation sites (N-methyl/N-ethyl adjacent to an activating group) is 1. The zero-order chi connectivity index (χ0) is 12.3. The standard InChI is InChI=1S/C11H16N4O2/c1-15-10(16)7-8(11(15)17)12-4-2-3-9-13-5-6-14-9/h5-6,8,12H,2-4,7H2,1H3,(H,13,14). The average molecular weight is 236 g/mol. The van der Waals surface area contributed by atoms with Crippen LogP contribution in [0.25, 0.3) is 0 Å². The van der Waals surface area contributed by atoms with Gasteiger partial charge in [-0.05, 0) is 13.0 Å². The van der Waals surface area contributed by atoms with E-state index in [9.17, 15) is 9.59 Å². The number of carbonyl (C=O) groups excluding carboxylic acids is 2. The number of hydrogen-bond acceptors (Lipinski definition) is 4. The van der Waals surface area contributed by atoms with E-state index in [0.717, 1.165) is 18.7 Å². The molecule has 0 radical (unpaired) electrons. The number of carbonyl (C=O) groups is 2. The van der Waals surface area contributed by atoms with Crippen molar-refractivity contribution in [3.63, 3.8) is 0 Å². The van der Waals surface area contributed by atoms with E-state index in [4.69, 9.17) is 0 Å². The third kappa shape index (κ3) is 2.71. The molecule has 2 rings (SSSR count). The molecule has 0 bridgehead atoms. The van der Waals surface area contributed by atoms with Crippen molar-refractivity contribution in [1.29, 1.82) is 0 Å². The Hall–Kier alpha value is -1.69. The predicted molar refractivity (Wildman–Crippen MR) is 61.1 cm³/mol. The minimum Gasteiger partial charge on any atom is -0.349 e. The van der Waals surface area contributed by atoms with E-state index < -0.39 is 0 Å². The summed E-state index contributed by atoms with van der Waals surface area (Å²) in [5, 5.41) is 3.10. The second kappa shape index (κ2) is 5.09. The van der Waals surface area contributed by atoms with Gasteiger partial charge >= 0.3 is 0 Å². The molecule has 1 aliphatic heterocycles. The van der Waals surface area contributed by atoms with Crippen LogP contribution in [0.5, 0.6) is 0 Å². The molecule has 17 heavy (non-hydrogen) atoms. The molecule has 0 aliphatic carbocycles. The molecule has 1 fully saturated rings. The van der Waals surface area contributed by atoms with Crippen molar-refractivity contribution in [2.24, 2.45) is 0 Å². The summed E-state index contributed by atoms with van der Waals surface area (Å²) in [7, 11) is 1.52. The lowest BCUT2D eigenvalue weighted by atomic mass is 10.2. The third-order valence-corrected chi connectivity index (χ3v) is 2.92. The number of nitrogens with one attached hydrogen (secondary N) is 2. The van der Waals surface area contributed by atoms with Gasteiger partial charge in [0.05, 0.1) is 12.5 Å². The highest BCUT2D eigenvalue weighted by molar-refractivity contribution is 6.05. The quantitative estimate of drug-likeness (QED) is 0.543. The predicted octanol–water partition coefficient (Wildman–Crippen LogP) is -0.311. The number of aromatic amines is 1. The minimum absolute atomic E-state index is 0.112. The Bertz CT molecular complexity index is 402. The largest absolute Gasteiger partial charge is 0.349 e. The monoisotopic (exact) mass is 236 g/mol. The van der Waals surface area contributed by atoms with Gasteiger partial charge in [-0.15, -0.1) is 0 Å². The summed E-state index contributed by atoms with van der Waals surface area (Å²) in [6, 6.07) is -0.343. The Morgan fingerprint density at radius 1 is 1.59 bits per heavy atom. The van der Waals surface area contributed by atoms with E-state index in [0.29, 0.717) is 6.54 Å². The van der Waals surface area contributed by atoms with Crippen molar-refractivity contribution in [3.05, 3.63) is 18.2 Å². The second-order valence-corrected chi connectivity index (χ2v) is 4.14. The van der Waals surface area contributed by atoms with Crippen molar-refractivity contribution in [2.75, 3.05) is 13.6 Å². The molecular weight excluding hydrogens is 220 g/mol.